The molecule has 1 atom stereocenters. The average molecular weight is 311 g/mol. The number of amides is 1. The SMILES string of the molecule is COCCCNC(=O)CN1CCCC(c2ncc(C)s2)C1. The summed E-state index contributed by atoms with van der Waals surface area (Å²) in [6, 6.07) is 0. The number of ether oxygens (including phenoxy) is 1. The van der Waals surface area contributed by atoms with Gasteiger partial charge in [0.15, 0.2) is 0 Å². The standard InChI is InChI=1S/C15H25N3O2S/c1-12-9-17-15(21-12)13-5-3-7-18(10-13)11-14(19)16-6-4-8-20-2/h9,13H,3-8,10-11H2,1-2H3,(H,16,19). The smallest absolute Gasteiger partial charge is 0.234 e. The molecule has 0 aliphatic carbocycles. The molecule has 1 unspecified atom stereocenters. The fraction of sp³-hybridized carbons (Fsp3) is 0.733. The Hall–Kier alpha value is -0.980. The normalized spacial score (nSPS) is 19.6. The molecule has 2 rings (SSSR count). The minimum absolute atomic E-state index is 0.113. The van der Waals surface area contributed by atoms with Gasteiger partial charge in [-0.25, -0.2) is 4.98 Å². The summed E-state index contributed by atoms with van der Waals surface area (Å²) in [4.78, 5) is 19.9. The lowest BCUT2D eigenvalue weighted by atomic mass is 9.99. The quantitative estimate of drug-likeness (QED) is 0.780. The first-order chi connectivity index (χ1) is 10.2. The van der Waals surface area contributed by atoms with E-state index >= 15 is 0 Å². The number of methoxy groups -OCH3 is 1. The largest absolute Gasteiger partial charge is 0.385 e. The van der Waals surface area contributed by atoms with Gasteiger partial charge in [0.1, 0.15) is 0 Å². The van der Waals surface area contributed by atoms with Crippen molar-refractivity contribution in [3.63, 3.8) is 0 Å². The lowest BCUT2D eigenvalue weighted by molar-refractivity contribution is -0.122. The van der Waals surface area contributed by atoms with Gasteiger partial charge in [-0.2, -0.15) is 0 Å². The third kappa shape index (κ3) is 5.37. The van der Waals surface area contributed by atoms with Crippen LogP contribution in [0.1, 0.15) is 35.1 Å². The van der Waals surface area contributed by atoms with Gasteiger partial charge in [-0.15, -0.1) is 11.3 Å². The molecule has 118 valence electrons. The van der Waals surface area contributed by atoms with Crippen LogP contribution in [0.15, 0.2) is 6.20 Å². The molecule has 1 amide bonds. The zero-order valence-electron chi connectivity index (χ0n) is 12.9. The summed E-state index contributed by atoms with van der Waals surface area (Å²) in [5, 5.41) is 4.17. The molecule has 1 saturated heterocycles. The van der Waals surface area contributed by atoms with Crippen LogP contribution in [0.5, 0.6) is 0 Å². The van der Waals surface area contributed by atoms with E-state index in [9.17, 15) is 4.79 Å². The summed E-state index contributed by atoms with van der Waals surface area (Å²) in [5.41, 5.74) is 0. The maximum Gasteiger partial charge on any atom is 0.234 e. The van der Waals surface area contributed by atoms with Crippen molar-refractivity contribution in [2.45, 2.75) is 32.1 Å². The third-order valence-corrected chi connectivity index (χ3v) is 4.78. The first-order valence-electron chi connectivity index (χ1n) is 7.59. The summed E-state index contributed by atoms with van der Waals surface area (Å²) in [6.45, 7) is 5.92. The van der Waals surface area contributed by atoms with E-state index in [0.717, 1.165) is 25.9 Å². The van der Waals surface area contributed by atoms with Gasteiger partial charge in [0, 0.05) is 43.8 Å². The van der Waals surface area contributed by atoms with Crippen LogP contribution in [0.25, 0.3) is 0 Å². The summed E-state index contributed by atoms with van der Waals surface area (Å²) in [6.07, 6.45) is 5.13. The highest BCUT2D eigenvalue weighted by atomic mass is 32.1. The van der Waals surface area contributed by atoms with Gasteiger partial charge in [0.05, 0.1) is 11.6 Å². The number of rotatable bonds is 7. The van der Waals surface area contributed by atoms with Gasteiger partial charge < -0.3 is 10.1 Å². The van der Waals surface area contributed by atoms with Crippen LogP contribution < -0.4 is 5.32 Å². The molecule has 1 aromatic heterocycles. The van der Waals surface area contributed by atoms with E-state index in [1.165, 1.54) is 16.3 Å². The topological polar surface area (TPSA) is 54.5 Å². The van der Waals surface area contributed by atoms with Gasteiger partial charge in [-0.3, -0.25) is 9.69 Å². The van der Waals surface area contributed by atoms with E-state index < -0.39 is 0 Å². The Morgan fingerprint density at radius 3 is 3.19 bits per heavy atom. The van der Waals surface area contributed by atoms with Crippen molar-refractivity contribution >= 4 is 17.2 Å². The Bertz CT molecular complexity index is 450. The molecule has 1 aromatic rings. The predicted octanol–water partition coefficient (Wildman–Crippen LogP) is 1.78. The van der Waals surface area contributed by atoms with Crippen LogP contribution in [0.4, 0.5) is 0 Å². The van der Waals surface area contributed by atoms with Gasteiger partial charge >= 0.3 is 0 Å². The van der Waals surface area contributed by atoms with Crippen molar-refractivity contribution in [2.75, 3.05) is 39.9 Å². The molecule has 1 aliphatic rings. The fourth-order valence-corrected chi connectivity index (χ4v) is 3.56. The number of thiazole rings is 1. The molecule has 2 heterocycles. The molecule has 1 N–H and O–H groups in total. The van der Waals surface area contributed by atoms with Crippen molar-refractivity contribution in [3.8, 4) is 0 Å². The second kappa shape index (κ2) is 8.46. The van der Waals surface area contributed by atoms with E-state index in [2.05, 4.69) is 22.1 Å². The van der Waals surface area contributed by atoms with E-state index in [0.29, 0.717) is 25.6 Å². The Balaban J connectivity index is 1.74. The first-order valence-corrected chi connectivity index (χ1v) is 8.41. The van der Waals surface area contributed by atoms with Crippen molar-refractivity contribution in [3.05, 3.63) is 16.1 Å². The number of hydrogen-bond donors (Lipinski definition) is 1. The van der Waals surface area contributed by atoms with Crippen molar-refractivity contribution in [2.24, 2.45) is 0 Å². The molecule has 0 bridgehead atoms. The molecule has 0 radical (unpaired) electrons. The predicted molar refractivity (Wildman–Crippen MR) is 84.8 cm³/mol. The number of aromatic nitrogens is 1. The minimum Gasteiger partial charge on any atom is -0.385 e. The second-order valence-corrected chi connectivity index (χ2v) is 6.85. The van der Waals surface area contributed by atoms with Gasteiger partial charge in [0.25, 0.3) is 0 Å². The van der Waals surface area contributed by atoms with E-state index in [4.69, 9.17) is 4.74 Å². The molecule has 6 heteroatoms. The molecule has 21 heavy (non-hydrogen) atoms. The van der Waals surface area contributed by atoms with E-state index in [-0.39, 0.29) is 5.91 Å². The Morgan fingerprint density at radius 1 is 1.62 bits per heavy atom. The Morgan fingerprint density at radius 2 is 2.48 bits per heavy atom. The number of nitrogens with one attached hydrogen (secondary N) is 1. The molecule has 1 fully saturated rings. The molecule has 1 aliphatic heterocycles. The third-order valence-electron chi connectivity index (χ3n) is 3.71. The Kier molecular flexibility index (Phi) is 6.60. The zero-order chi connectivity index (χ0) is 15.1. The summed E-state index contributed by atoms with van der Waals surface area (Å²) < 4.78 is 4.97. The number of carbonyl (C=O) groups excluding carboxylic acids is 1. The maximum absolute atomic E-state index is 11.9. The molecule has 0 spiro atoms. The molecular formula is C15H25N3O2S. The first kappa shape index (κ1) is 16.4. The van der Waals surface area contributed by atoms with Crippen LogP contribution in [-0.4, -0.2) is 55.7 Å². The van der Waals surface area contributed by atoms with Crippen molar-refractivity contribution in [1.29, 1.82) is 0 Å². The second-order valence-electron chi connectivity index (χ2n) is 5.58. The highest BCUT2D eigenvalue weighted by molar-refractivity contribution is 7.11. The maximum atomic E-state index is 11.9. The summed E-state index contributed by atoms with van der Waals surface area (Å²) in [7, 11) is 1.68. The van der Waals surface area contributed by atoms with Crippen LogP contribution in [-0.2, 0) is 9.53 Å². The van der Waals surface area contributed by atoms with Crippen molar-refractivity contribution < 1.29 is 9.53 Å². The molecule has 0 saturated carbocycles. The monoisotopic (exact) mass is 311 g/mol. The number of hydrogen-bond acceptors (Lipinski definition) is 5. The van der Waals surface area contributed by atoms with Crippen LogP contribution in [0.2, 0.25) is 0 Å². The molecule has 5 nitrogen and oxygen atoms in total. The molecule has 0 aromatic carbocycles. The number of nitrogens with zero attached hydrogens (tertiary/aromatic N) is 2. The zero-order valence-corrected chi connectivity index (χ0v) is 13.7. The van der Waals surface area contributed by atoms with Crippen molar-refractivity contribution in [1.82, 2.24) is 15.2 Å². The number of likely N-dealkylation sites (tertiary alicyclic amines) is 1. The van der Waals surface area contributed by atoms with Gasteiger partial charge in [-0.05, 0) is 32.7 Å². The lowest BCUT2D eigenvalue weighted by Gasteiger charge is -2.31. The van der Waals surface area contributed by atoms with Crippen LogP contribution in [0, 0.1) is 6.92 Å². The summed E-state index contributed by atoms with van der Waals surface area (Å²) >= 11 is 1.78. The lowest BCUT2D eigenvalue weighted by Crippen LogP contribution is -2.42. The molecular weight excluding hydrogens is 286 g/mol. The Labute approximate surface area is 130 Å². The number of aryl methyl sites for hydroxylation is 1. The summed E-state index contributed by atoms with van der Waals surface area (Å²) in [5.74, 6) is 0.598. The highest BCUT2D eigenvalue weighted by Gasteiger charge is 2.24. The minimum atomic E-state index is 0.113. The van der Waals surface area contributed by atoms with Crippen LogP contribution in [0.3, 0.4) is 0 Å². The van der Waals surface area contributed by atoms with Crippen LogP contribution >= 0.6 is 11.3 Å². The van der Waals surface area contributed by atoms with E-state index in [1.807, 2.05) is 6.20 Å². The van der Waals surface area contributed by atoms with E-state index in [1.54, 1.807) is 18.4 Å². The average Bonchev–Trinajstić information content (AvgIpc) is 2.91. The number of carbonyl (C=O) groups is 1. The van der Waals surface area contributed by atoms with Gasteiger partial charge in [0.2, 0.25) is 5.91 Å². The highest BCUT2D eigenvalue weighted by Crippen LogP contribution is 2.29. The fourth-order valence-electron chi connectivity index (χ4n) is 2.66. The number of piperidine rings is 1. The van der Waals surface area contributed by atoms with Gasteiger partial charge in [-0.1, -0.05) is 0 Å².